The quantitative estimate of drug-likeness (QED) is 0.709. The number of nitrogens with one attached hydrogen (secondary N) is 1. The monoisotopic (exact) mass is 234 g/mol. The third-order valence-electron chi connectivity index (χ3n) is 2.99. The average molecular weight is 234 g/mol. The predicted molar refractivity (Wildman–Crippen MR) is 76.1 cm³/mol. The van der Waals surface area contributed by atoms with E-state index < -0.39 is 0 Å². The summed E-state index contributed by atoms with van der Waals surface area (Å²) >= 11 is 0. The third kappa shape index (κ3) is 2.05. The molecule has 0 spiro atoms. The molecular weight excluding hydrogens is 220 g/mol. The van der Waals surface area contributed by atoms with Crippen molar-refractivity contribution in [1.29, 1.82) is 0 Å². The number of benzene rings is 2. The third-order valence-corrected chi connectivity index (χ3v) is 2.99. The summed E-state index contributed by atoms with van der Waals surface area (Å²) in [6.07, 6.45) is 2.08. The second-order valence-corrected chi connectivity index (χ2v) is 4.33. The number of fused-ring (bicyclic) bond motifs is 1. The number of hydrogen-bond donors (Lipinski definition) is 1. The lowest BCUT2D eigenvalue weighted by molar-refractivity contribution is 1.29. The van der Waals surface area contributed by atoms with E-state index in [2.05, 4.69) is 35.1 Å². The molecule has 0 fully saturated rings. The van der Waals surface area contributed by atoms with Crippen LogP contribution in [0.25, 0.3) is 22.7 Å². The summed E-state index contributed by atoms with van der Waals surface area (Å²) in [6, 6.07) is 18.4. The van der Waals surface area contributed by atoms with Gasteiger partial charge in [0, 0.05) is 0 Å². The predicted octanol–water partition coefficient (Wildman–Crippen LogP) is 4.12. The van der Waals surface area contributed by atoms with Crippen LogP contribution in [0.3, 0.4) is 0 Å². The van der Waals surface area contributed by atoms with E-state index in [0.29, 0.717) is 0 Å². The molecule has 18 heavy (non-hydrogen) atoms. The number of rotatable bonds is 2. The van der Waals surface area contributed by atoms with Crippen molar-refractivity contribution >= 4 is 22.7 Å². The Morgan fingerprint density at radius 3 is 2.50 bits per heavy atom. The van der Waals surface area contributed by atoms with Crippen molar-refractivity contribution in [2.24, 2.45) is 0 Å². The first kappa shape index (κ1) is 10.8. The van der Waals surface area contributed by atoms with Gasteiger partial charge < -0.3 is 4.98 Å². The van der Waals surface area contributed by atoms with Crippen LogP contribution in [0.15, 0.2) is 54.6 Å². The number of allylic oxidation sites excluding steroid dienone is 1. The fourth-order valence-electron chi connectivity index (χ4n) is 2.03. The molecule has 1 heterocycles. The molecule has 2 nitrogen and oxygen atoms in total. The smallest absolute Gasteiger partial charge is 0.131 e. The molecular formula is C16H14N2. The van der Waals surface area contributed by atoms with Gasteiger partial charge in [-0.1, -0.05) is 42.5 Å². The van der Waals surface area contributed by atoms with Crippen molar-refractivity contribution in [3.8, 4) is 0 Å². The maximum Gasteiger partial charge on any atom is 0.131 e. The number of imidazole rings is 1. The molecule has 3 rings (SSSR count). The fourth-order valence-corrected chi connectivity index (χ4v) is 2.03. The minimum Gasteiger partial charge on any atom is -0.338 e. The summed E-state index contributed by atoms with van der Waals surface area (Å²) in [5.74, 6) is 0.901. The van der Waals surface area contributed by atoms with E-state index in [1.807, 2.05) is 42.5 Å². The summed E-state index contributed by atoms with van der Waals surface area (Å²) < 4.78 is 0. The van der Waals surface area contributed by atoms with Crippen molar-refractivity contribution in [2.45, 2.75) is 6.92 Å². The van der Waals surface area contributed by atoms with Gasteiger partial charge in [-0.25, -0.2) is 4.98 Å². The van der Waals surface area contributed by atoms with Crippen LogP contribution in [0.1, 0.15) is 18.3 Å². The van der Waals surface area contributed by atoms with E-state index in [-0.39, 0.29) is 0 Å². The van der Waals surface area contributed by atoms with Crippen molar-refractivity contribution in [1.82, 2.24) is 9.97 Å². The minimum absolute atomic E-state index is 0.901. The Bertz CT molecular complexity index is 660. The van der Waals surface area contributed by atoms with Gasteiger partial charge in [-0.3, -0.25) is 0 Å². The van der Waals surface area contributed by atoms with Crippen LogP contribution in [0.2, 0.25) is 0 Å². The van der Waals surface area contributed by atoms with E-state index >= 15 is 0 Å². The highest BCUT2D eigenvalue weighted by Crippen LogP contribution is 2.18. The van der Waals surface area contributed by atoms with E-state index in [1.54, 1.807) is 0 Å². The minimum atomic E-state index is 0.901. The maximum atomic E-state index is 4.55. The zero-order chi connectivity index (χ0) is 12.4. The lowest BCUT2D eigenvalue weighted by Crippen LogP contribution is -1.80. The molecule has 2 heteroatoms. The number of nitrogens with zero attached hydrogens (tertiary/aromatic N) is 1. The summed E-state index contributed by atoms with van der Waals surface area (Å²) in [7, 11) is 0. The van der Waals surface area contributed by atoms with Gasteiger partial charge in [-0.15, -0.1) is 0 Å². The van der Waals surface area contributed by atoms with Crippen molar-refractivity contribution in [3.63, 3.8) is 0 Å². The number of hydrogen-bond acceptors (Lipinski definition) is 1. The number of para-hydroxylation sites is 2. The summed E-state index contributed by atoms with van der Waals surface area (Å²) in [6.45, 7) is 2.10. The molecule has 88 valence electrons. The second kappa shape index (κ2) is 4.49. The van der Waals surface area contributed by atoms with Crippen molar-refractivity contribution < 1.29 is 0 Å². The number of aromatic nitrogens is 2. The Balaban J connectivity index is 2.00. The van der Waals surface area contributed by atoms with E-state index in [9.17, 15) is 0 Å². The van der Waals surface area contributed by atoms with Gasteiger partial charge in [-0.2, -0.15) is 0 Å². The SMILES string of the molecule is CC(=Cc1nc2ccccc2[nH]1)c1ccccc1. The molecule has 1 N–H and O–H groups in total. The Morgan fingerprint density at radius 1 is 1.00 bits per heavy atom. The lowest BCUT2D eigenvalue weighted by atomic mass is 10.1. The zero-order valence-corrected chi connectivity index (χ0v) is 10.2. The Labute approximate surface area is 106 Å². The zero-order valence-electron chi connectivity index (χ0n) is 10.2. The molecule has 0 saturated heterocycles. The normalized spacial score (nSPS) is 11.9. The lowest BCUT2D eigenvalue weighted by Gasteiger charge is -1.99. The first-order valence-electron chi connectivity index (χ1n) is 6.01. The van der Waals surface area contributed by atoms with E-state index in [0.717, 1.165) is 16.9 Å². The van der Waals surface area contributed by atoms with Gasteiger partial charge >= 0.3 is 0 Å². The molecule has 0 amide bonds. The van der Waals surface area contributed by atoms with E-state index in [1.165, 1.54) is 11.1 Å². The molecule has 0 unspecified atom stereocenters. The highest BCUT2D eigenvalue weighted by atomic mass is 14.9. The van der Waals surface area contributed by atoms with Crippen LogP contribution in [0.4, 0.5) is 0 Å². The van der Waals surface area contributed by atoms with Crippen molar-refractivity contribution in [3.05, 3.63) is 66.0 Å². The standard InChI is InChI=1S/C16H14N2/c1-12(13-7-3-2-4-8-13)11-16-17-14-9-5-6-10-15(14)18-16/h2-11H,1H3,(H,17,18). The molecule has 0 bridgehead atoms. The molecule has 0 aliphatic heterocycles. The van der Waals surface area contributed by atoms with Gasteiger partial charge in [0.15, 0.2) is 0 Å². The topological polar surface area (TPSA) is 28.7 Å². The van der Waals surface area contributed by atoms with E-state index in [4.69, 9.17) is 0 Å². The maximum absolute atomic E-state index is 4.55. The van der Waals surface area contributed by atoms with Gasteiger partial charge in [0.05, 0.1) is 11.0 Å². The van der Waals surface area contributed by atoms with Crippen LogP contribution in [0, 0.1) is 0 Å². The molecule has 3 aromatic rings. The molecule has 0 atom stereocenters. The number of aromatic amines is 1. The first-order chi connectivity index (χ1) is 8.83. The number of H-pyrrole nitrogens is 1. The van der Waals surface area contributed by atoms with Gasteiger partial charge in [-0.05, 0) is 36.3 Å². The van der Waals surface area contributed by atoms with Gasteiger partial charge in [0.25, 0.3) is 0 Å². The molecule has 2 aromatic carbocycles. The summed E-state index contributed by atoms with van der Waals surface area (Å²) in [5.41, 5.74) is 4.50. The van der Waals surface area contributed by atoms with Crippen LogP contribution in [-0.4, -0.2) is 9.97 Å². The average Bonchev–Trinajstić information content (AvgIpc) is 2.82. The molecule has 0 aliphatic rings. The summed E-state index contributed by atoms with van der Waals surface area (Å²) in [4.78, 5) is 7.85. The first-order valence-corrected chi connectivity index (χ1v) is 6.01. The van der Waals surface area contributed by atoms with Gasteiger partial charge in [0.2, 0.25) is 0 Å². The molecule has 1 aromatic heterocycles. The highest BCUT2D eigenvalue weighted by Gasteiger charge is 2.00. The van der Waals surface area contributed by atoms with Crippen LogP contribution in [0.5, 0.6) is 0 Å². The Morgan fingerprint density at radius 2 is 1.72 bits per heavy atom. The van der Waals surface area contributed by atoms with Crippen LogP contribution < -0.4 is 0 Å². The fraction of sp³-hybridized carbons (Fsp3) is 0.0625. The van der Waals surface area contributed by atoms with Crippen molar-refractivity contribution in [2.75, 3.05) is 0 Å². The molecule has 0 saturated carbocycles. The van der Waals surface area contributed by atoms with Gasteiger partial charge in [0.1, 0.15) is 5.82 Å². The Hall–Kier alpha value is -2.35. The van der Waals surface area contributed by atoms with Crippen LogP contribution >= 0.6 is 0 Å². The molecule has 0 radical (unpaired) electrons. The second-order valence-electron chi connectivity index (χ2n) is 4.33. The Kier molecular flexibility index (Phi) is 2.69. The summed E-state index contributed by atoms with van der Waals surface area (Å²) in [5, 5.41) is 0. The van der Waals surface area contributed by atoms with Crippen LogP contribution in [-0.2, 0) is 0 Å². The molecule has 0 aliphatic carbocycles. The highest BCUT2D eigenvalue weighted by molar-refractivity contribution is 5.82. The largest absolute Gasteiger partial charge is 0.338 e.